The Morgan fingerprint density at radius 2 is 1.70 bits per heavy atom. The highest BCUT2D eigenvalue weighted by molar-refractivity contribution is 8.18. The van der Waals surface area contributed by atoms with Crippen LogP contribution in [0.15, 0.2) is 70.0 Å². The van der Waals surface area contributed by atoms with E-state index in [2.05, 4.69) is 25.1 Å². The summed E-state index contributed by atoms with van der Waals surface area (Å²) in [5.41, 5.74) is 2.07. The Labute approximate surface area is 216 Å². The molecule has 0 bridgehead atoms. The molecule has 2 amide bonds. The average Bonchev–Trinajstić information content (AvgIpc) is 3.36. The predicted molar refractivity (Wildman–Crippen MR) is 141 cm³/mol. The first-order valence-electron chi connectivity index (χ1n) is 11.8. The molecule has 2 aliphatic heterocycles. The number of rotatable bonds is 5. The van der Waals surface area contributed by atoms with Gasteiger partial charge in [0.05, 0.1) is 10.6 Å². The van der Waals surface area contributed by atoms with Crippen LogP contribution < -0.4 is 19.9 Å². The molecule has 2 fully saturated rings. The summed E-state index contributed by atoms with van der Waals surface area (Å²) >= 11 is 0.845. The second-order valence-electron chi connectivity index (χ2n) is 8.49. The van der Waals surface area contributed by atoms with Crippen LogP contribution in [0.5, 0.6) is 11.6 Å². The van der Waals surface area contributed by atoms with Gasteiger partial charge in [-0.15, -0.1) is 0 Å². The van der Waals surface area contributed by atoms with E-state index in [9.17, 15) is 9.59 Å². The summed E-state index contributed by atoms with van der Waals surface area (Å²) < 4.78 is 12.0. The van der Waals surface area contributed by atoms with E-state index < -0.39 is 11.1 Å². The summed E-state index contributed by atoms with van der Waals surface area (Å²) in [4.78, 5) is 42.2. The van der Waals surface area contributed by atoms with Crippen molar-refractivity contribution < 1.29 is 18.7 Å². The summed E-state index contributed by atoms with van der Waals surface area (Å²) in [5.74, 6) is 1.02. The van der Waals surface area contributed by atoms with Crippen molar-refractivity contribution in [2.24, 2.45) is 0 Å². The first-order chi connectivity index (χ1) is 18.1. The second kappa shape index (κ2) is 9.94. The molecule has 4 aromatic rings. The molecule has 4 heterocycles. The zero-order valence-electron chi connectivity index (χ0n) is 19.7. The summed E-state index contributed by atoms with van der Waals surface area (Å²) in [6.45, 7) is 2.80. The number of anilines is 2. The van der Waals surface area contributed by atoms with E-state index in [1.54, 1.807) is 12.1 Å². The molecule has 0 unspecified atom stereocenters. The van der Waals surface area contributed by atoms with Gasteiger partial charge < -0.3 is 19.0 Å². The monoisotopic (exact) mass is 514 g/mol. The smallest absolute Gasteiger partial charge is 0.298 e. The van der Waals surface area contributed by atoms with Gasteiger partial charge in [0.25, 0.3) is 17.2 Å². The third-order valence-electron chi connectivity index (χ3n) is 5.93. The van der Waals surface area contributed by atoms with Crippen molar-refractivity contribution in [1.29, 1.82) is 0 Å². The molecule has 0 radical (unpaired) electrons. The highest BCUT2D eigenvalue weighted by atomic mass is 32.2. The first-order valence-corrected chi connectivity index (χ1v) is 12.6. The fraction of sp³-hybridized carbons (Fsp3) is 0.192. The Morgan fingerprint density at radius 1 is 0.919 bits per heavy atom. The molecular weight excluding hydrogens is 492 g/mol. The van der Waals surface area contributed by atoms with Crippen molar-refractivity contribution >= 4 is 52.0 Å². The summed E-state index contributed by atoms with van der Waals surface area (Å²) in [7, 11) is 0. The molecular formula is C26H22N6O4S. The van der Waals surface area contributed by atoms with Crippen LogP contribution in [-0.4, -0.2) is 52.3 Å². The van der Waals surface area contributed by atoms with Gasteiger partial charge in [-0.25, -0.2) is 4.98 Å². The van der Waals surface area contributed by atoms with E-state index in [0.29, 0.717) is 42.4 Å². The van der Waals surface area contributed by atoms with Crippen LogP contribution in [0.3, 0.4) is 0 Å². The van der Waals surface area contributed by atoms with Crippen LogP contribution in [0.2, 0.25) is 0 Å². The fourth-order valence-electron chi connectivity index (χ4n) is 4.17. The van der Waals surface area contributed by atoms with Gasteiger partial charge in [-0.1, -0.05) is 30.3 Å². The van der Waals surface area contributed by atoms with Crippen molar-refractivity contribution in [2.75, 3.05) is 36.0 Å². The number of nitrogens with zero attached hydrogens (tertiary/aromatic N) is 5. The first kappa shape index (κ1) is 23.0. The zero-order chi connectivity index (χ0) is 25.2. The quantitative estimate of drug-likeness (QED) is 0.383. The van der Waals surface area contributed by atoms with Crippen LogP contribution in [0.4, 0.5) is 16.8 Å². The number of fused-ring (bicyclic) bond motifs is 1. The van der Waals surface area contributed by atoms with Gasteiger partial charge in [0, 0.05) is 32.2 Å². The van der Waals surface area contributed by atoms with Crippen LogP contribution in [-0.2, 0) is 4.79 Å². The van der Waals surface area contributed by atoms with E-state index in [1.165, 1.54) is 0 Å². The standard InChI is InChI=1S/C26H22N6O4S/c33-23-21(37-26(34)30-23)15-17-16-22(35-18-7-2-1-3-8-18)29-24(27-17)31-11-6-12-32(14-13-31)25-28-19-9-4-5-10-20(19)36-25/h1-5,7-10,15-16H,6,11-14H2,(H,30,33,34). The lowest BCUT2D eigenvalue weighted by atomic mass is 10.3. The molecule has 2 aromatic heterocycles. The van der Waals surface area contributed by atoms with Crippen molar-refractivity contribution in [3.05, 3.63) is 71.3 Å². The lowest BCUT2D eigenvalue weighted by Gasteiger charge is -2.22. The number of hydrogen-bond acceptors (Lipinski definition) is 10. The predicted octanol–water partition coefficient (Wildman–Crippen LogP) is 4.45. The number of aromatic nitrogens is 3. The van der Waals surface area contributed by atoms with Crippen LogP contribution in [0.25, 0.3) is 17.2 Å². The van der Waals surface area contributed by atoms with Crippen LogP contribution >= 0.6 is 11.8 Å². The highest BCUT2D eigenvalue weighted by Gasteiger charge is 2.26. The number of nitrogens with one attached hydrogen (secondary N) is 1. The molecule has 0 atom stereocenters. The molecule has 186 valence electrons. The van der Waals surface area contributed by atoms with Crippen molar-refractivity contribution in [1.82, 2.24) is 20.3 Å². The molecule has 0 saturated carbocycles. The molecule has 2 aliphatic rings. The number of carbonyl (C=O) groups is 2. The number of hydrogen-bond donors (Lipinski definition) is 1. The highest BCUT2D eigenvalue weighted by Crippen LogP contribution is 2.29. The molecule has 6 rings (SSSR count). The van der Waals surface area contributed by atoms with E-state index in [4.69, 9.17) is 14.1 Å². The minimum atomic E-state index is -0.440. The number of thioether (sulfide) groups is 1. The van der Waals surface area contributed by atoms with E-state index >= 15 is 0 Å². The van der Waals surface area contributed by atoms with Gasteiger partial charge in [-0.3, -0.25) is 14.9 Å². The Hall–Kier alpha value is -4.38. The maximum Gasteiger partial charge on any atom is 0.298 e. The topological polar surface area (TPSA) is 114 Å². The maximum atomic E-state index is 12.1. The minimum Gasteiger partial charge on any atom is -0.439 e. The summed E-state index contributed by atoms with van der Waals surface area (Å²) in [6.07, 6.45) is 2.42. The number of imide groups is 1. The van der Waals surface area contributed by atoms with E-state index in [-0.39, 0.29) is 4.91 Å². The second-order valence-corrected chi connectivity index (χ2v) is 9.50. The van der Waals surface area contributed by atoms with Gasteiger partial charge in [0.15, 0.2) is 5.58 Å². The Bertz CT molecular complexity index is 1470. The Kier molecular flexibility index (Phi) is 6.19. The van der Waals surface area contributed by atoms with Gasteiger partial charge in [0.1, 0.15) is 11.3 Å². The summed E-state index contributed by atoms with van der Waals surface area (Å²) in [6, 6.07) is 19.3. The van der Waals surface area contributed by atoms with Gasteiger partial charge in [0.2, 0.25) is 11.8 Å². The molecule has 11 heteroatoms. The fourth-order valence-corrected chi connectivity index (χ4v) is 4.83. The van der Waals surface area contributed by atoms with Crippen molar-refractivity contribution in [3.63, 3.8) is 0 Å². The van der Waals surface area contributed by atoms with E-state index in [0.717, 1.165) is 42.4 Å². The normalized spacial score (nSPS) is 17.4. The number of para-hydroxylation sites is 3. The summed E-state index contributed by atoms with van der Waals surface area (Å²) in [5, 5.41) is 1.86. The third kappa shape index (κ3) is 5.12. The Balaban J connectivity index is 1.28. The number of benzene rings is 2. The number of amides is 2. The molecule has 2 aromatic carbocycles. The molecule has 37 heavy (non-hydrogen) atoms. The van der Waals surface area contributed by atoms with Crippen LogP contribution in [0, 0.1) is 0 Å². The van der Waals surface area contributed by atoms with Crippen LogP contribution in [0.1, 0.15) is 12.1 Å². The SMILES string of the molecule is O=C1NC(=O)C(=Cc2cc(Oc3ccccc3)nc(N3CCCN(c4nc5ccccc5o4)CC3)n2)S1. The number of oxazole rings is 1. The lowest BCUT2D eigenvalue weighted by Crippen LogP contribution is -2.32. The van der Waals surface area contributed by atoms with Gasteiger partial charge in [-0.05, 0) is 48.5 Å². The zero-order valence-corrected chi connectivity index (χ0v) is 20.5. The van der Waals surface area contributed by atoms with Crippen molar-refractivity contribution in [2.45, 2.75) is 6.42 Å². The van der Waals surface area contributed by atoms with E-state index in [1.807, 2.05) is 54.6 Å². The third-order valence-corrected chi connectivity index (χ3v) is 6.74. The molecule has 10 nitrogen and oxygen atoms in total. The maximum absolute atomic E-state index is 12.1. The number of ether oxygens (including phenoxy) is 1. The molecule has 1 N–H and O–H groups in total. The molecule has 2 saturated heterocycles. The lowest BCUT2D eigenvalue weighted by molar-refractivity contribution is -0.115. The largest absolute Gasteiger partial charge is 0.439 e. The number of carbonyl (C=O) groups excluding carboxylic acids is 2. The molecule has 0 aliphatic carbocycles. The average molecular weight is 515 g/mol. The van der Waals surface area contributed by atoms with Gasteiger partial charge in [-0.2, -0.15) is 9.97 Å². The van der Waals surface area contributed by atoms with Gasteiger partial charge >= 0.3 is 0 Å². The molecule has 0 spiro atoms. The van der Waals surface area contributed by atoms with Crippen molar-refractivity contribution in [3.8, 4) is 11.6 Å². The minimum absolute atomic E-state index is 0.276. The Morgan fingerprint density at radius 3 is 2.51 bits per heavy atom.